The van der Waals surface area contributed by atoms with Crippen LogP contribution < -0.4 is 5.32 Å². The molecule has 2 heterocycles. The molecule has 0 aliphatic rings. The van der Waals surface area contributed by atoms with Crippen molar-refractivity contribution in [1.29, 1.82) is 0 Å². The molecule has 0 fully saturated rings. The fraction of sp³-hybridized carbons (Fsp3) is 0.571. The largest absolute Gasteiger partial charge is 0.347 e. The van der Waals surface area contributed by atoms with Gasteiger partial charge in [-0.3, -0.25) is 0 Å². The van der Waals surface area contributed by atoms with E-state index in [0.717, 1.165) is 23.9 Å². The molecule has 2 rings (SSSR count). The topological polar surface area (TPSA) is 42.7 Å². The molecular weight excluding hydrogens is 256 g/mol. The third kappa shape index (κ3) is 3.56. The van der Waals surface area contributed by atoms with Crippen LogP contribution in [-0.2, 0) is 13.0 Å². The van der Waals surface area contributed by atoms with Crippen molar-refractivity contribution in [2.24, 2.45) is 5.92 Å². The van der Waals surface area contributed by atoms with Crippen LogP contribution in [0.3, 0.4) is 0 Å². The van der Waals surface area contributed by atoms with Gasteiger partial charge in [0.1, 0.15) is 5.01 Å². The van der Waals surface area contributed by atoms with E-state index < -0.39 is 0 Å². The van der Waals surface area contributed by atoms with E-state index in [0.29, 0.717) is 5.92 Å². The minimum Gasteiger partial charge on any atom is -0.347 e. The second-order valence-corrected chi connectivity index (χ2v) is 6.33. The van der Waals surface area contributed by atoms with Crippen molar-refractivity contribution >= 4 is 17.3 Å². The highest BCUT2D eigenvalue weighted by atomic mass is 32.1. The molecular formula is C14H22N4S. The van der Waals surface area contributed by atoms with Gasteiger partial charge in [0.25, 0.3) is 0 Å². The summed E-state index contributed by atoms with van der Waals surface area (Å²) in [5.41, 5.74) is 0. The van der Waals surface area contributed by atoms with E-state index in [1.807, 2.05) is 18.6 Å². The standard InChI is InChI=1S/C14H22N4S/c1-5-12-8-16-13(19-12)11(4)17-14-15-6-7-18(14)9-10(2)3/h6-8,10-11H,5,9H2,1-4H3,(H,15,17). The molecule has 0 bridgehead atoms. The third-order valence-corrected chi connectivity index (χ3v) is 4.24. The summed E-state index contributed by atoms with van der Waals surface area (Å²) in [4.78, 5) is 10.2. The fourth-order valence-electron chi connectivity index (χ4n) is 1.93. The maximum absolute atomic E-state index is 4.48. The van der Waals surface area contributed by atoms with Crippen LogP contribution in [0.1, 0.15) is 43.6 Å². The number of aromatic nitrogens is 3. The van der Waals surface area contributed by atoms with Gasteiger partial charge >= 0.3 is 0 Å². The number of hydrogen-bond acceptors (Lipinski definition) is 4. The normalized spacial score (nSPS) is 12.9. The number of nitrogens with one attached hydrogen (secondary N) is 1. The smallest absolute Gasteiger partial charge is 0.203 e. The molecule has 4 nitrogen and oxygen atoms in total. The molecule has 0 spiro atoms. The summed E-state index contributed by atoms with van der Waals surface area (Å²) in [6, 6.07) is 0.193. The minimum absolute atomic E-state index is 0.193. The van der Waals surface area contributed by atoms with Crippen LogP contribution in [0.5, 0.6) is 0 Å². The van der Waals surface area contributed by atoms with Gasteiger partial charge in [-0.25, -0.2) is 9.97 Å². The maximum Gasteiger partial charge on any atom is 0.203 e. The Kier molecular flexibility index (Phi) is 4.58. The van der Waals surface area contributed by atoms with E-state index in [2.05, 4.69) is 47.5 Å². The Morgan fingerprint density at radius 3 is 2.74 bits per heavy atom. The molecule has 1 atom stereocenters. The summed E-state index contributed by atoms with van der Waals surface area (Å²) < 4.78 is 2.16. The quantitative estimate of drug-likeness (QED) is 0.875. The Hall–Kier alpha value is -1.36. The summed E-state index contributed by atoms with van der Waals surface area (Å²) in [5.74, 6) is 1.53. The van der Waals surface area contributed by atoms with Crippen molar-refractivity contribution in [3.8, 4) is 0 Å². The molecule has 0 radical (unpaired) electrons. The molecule has 19 heavy (non-hydrogen) atoms. The van der Waals surface area contributed by atoms with Crippen molar-refractivity contribution in [2.45, 2.75) is 46.7 Å². The summed E-state index contributed by atoms with van der Waals surface area (Å²) >= 11 is 1.77. The lowest BCUT2D eigenvalue weighted by Gasteiger charge is -2.15. The van der Waals surface area contributed by atoms with Crippen LogP contribution >= 0.6 is 11.3 Å². The molecule has 104 valence electrons. The number of aryl methyl sites for hydroxylation is 1. The molecule has 0 amide bonds. The van der Waals surface area contributed by atoms with Crippen LogP contribution in [0.4, 0.5) is 5.95 Å². The van der Waals surface area contributed by atoms with Gasteiger partial charge in [-0.05, 0) is 19.3 Å². The maximum atomic E-state index is 4.48. The van der Waals surface area contributed by atoms with E-state index in [4.69, 9.17) is 0 Å². The van der Waals surface area contributed by atoms with E-state index in [1.54, 1.807) is 11.3 Å². The van der Waals surface area contributed by atoms with Gasteiger partial charge in [-0.2, -0.15) is 0 Å². The minimum atomic E-state index is 0.193. The van der Waals surface area contributed by atoms with Crippen molar-refractivity contribution in [1.82, 2.24) is 14.5 Å². The van der Waals surface area contributed by atoms with E-state index in [-0.39, 0.29) is 6.04 Å². The molecule has 5 heteroatoms. The first kappa shape index (κ1) is 14.1. The Bertz CT molecular complexity index is 515. The molecule has 2 aromatic heterocycles. The predicted octanol–water partition coefficient (Wildman–Crippen LogP) is 3.73. The monoisotopic (exact) mass is 278 g/mol. The van der Waals surface area contributed by atoms with E-state index in [1.165, 1.54) is 4.88 Å². The summed E-state index contributed by atoms with van der Waals surface area (Å²) in [6.45, 7) is 9.69. The number of imidazole rings is 1. The zero-order valence-corrected chi connectivity index (χ0v) is 12.9. The SMILES string of the molecule is CCc1cnc(C(C)Nc2nccn2CC(C)C)s1. The van der Waals surface area contributed by atoms with Gasteiger partial charge in [-0.1, -0.05) is 20.8 Å². The molecule has 2 aromatic rings. The van der Waals surface area contributed by atoms with Crippen LogP contribution in [-0.4, -0.2) is 14.5 Å². The number of rotatable bonds is 6. The molecule has 0 aliphatic carbocycles. The molecule has 1 unspecified atom stereocenters. The second kappa shape index (κ2) is 6.19. The average Bonchev–Trinajstić information content (AvgIpc) is 2.98. The van der Waals surface area contributed by atoms with Gasteiger partial charge in [0.2, 0.25) is 5.95 Å². The fourth-order valence-corrected chi connectivity index (χ4v) is 2.79. The van der Waals surface area contributed by atoms with Crippen LogP contribution in [0.25, 0.3) is 0 Å². The summed E-state index contributed by atoms with van der Waals surface area (Å²) in [6.07, 6.45) is 6.89. The highest BCUT2D eigenvalue weighted by Gasteiger charge is 2.13. The lowest BCUT2D eigenvalue weighted by molar-refractivity contribution is 0.524. The Balaban J connectivity index is 2.06. The highest BCUT2D eigenvalue weighted by molar-refractivity contribution is 7.11. The molecule has 0 saturated heterocycles. The van der Waals surface area contributed by atoms with Gasteiger partial charge < -0.3 is 9.88 Å². The highest BCUT2D eigenvalue weighted by Crippen LogP contribution is 2.23. The second-order valence-electron chi connectivity index (χ2n) is 5.18. The number of anilines is 1. The van der Waals surface area contributed by atoms with Crippen LogP contribution in [0.15, 0.2) is 18.6 Å². The van der Waals surface area contributed by atoms with E-state index >= 15 is 0 Å². The lowest BCUT2D eigenvalue weighted by Crippen LogP contribution is -2.13. The number of thiazole rings is 1. The molecule has 0 saturated carbocycles. The van der Waals surface area contributed by atoms with Crippen molar-refractivity contribution < 1.29 is 0 Å². The number of nitrogens with zero attached hydrogens (tertiary/aromatic N) is 3. The summed E-state index contributed by atoms with van der Waals surface area (Å²) in [7, 11) is 0. The van der Waals surface area contributed by atoms with Gasteiger partial charge in [-0.15, -0.1) is 11.3 Å². The Labute approximate surface area is 118 Å². The van der Waals surface area contributed by atoms with Crippen LogP contribution in [0, 0.1) is 5.92 Å². The number of hydrogen-bond donors (Lipinski definition) is 1. The molecule has 1 N–H and O–H groups in total. The zero-order valence-electron chi connectivity index (χ0n) is 12.1. The first-order chi connectivity index (χ1) is 9.10. The average molecular weight is 278 g/mol. The first-order valence-corrected chi connectivity index (χ1v) is 7.64. The third-order valence-electron chi connectivity index (χ3n) is 2.91. The van der Waals surface area contributed by atoms with Crippen molar-refractivity contribution in [2.75, 3.05) is 5.32 Å². The Morgan fingerprint density at radius 1 is 1.32 bits per heavy atom. The van der Waals surface area contributed by atoms with Crippen molar-refractivity contribution in [3.05, 3.63) is 28.5 Å². The van der Waals surface area contributed by atoms with Crippen molar-refractivity contribution in [3.63, 3.8) is 0 Å². The van der Waals surface area contributed by atoms with E-state index in [9.17, 15) is 0 Å². The van der Waals surface area contributed by atoms with Gasteiger partial charge in [0.15, 0.2) is 0 Å². The van der Waals surface area contributed by atoms with Gasteiger partial charge in [0, 0.05) is 30.0 Å². The lowest BCUT2D eigenvalue weighted by atomic mass is 10.2. The predicted molar refractivity (Wildman–Crippen MR) is 80.6 cm³/mol. The Morgan fingerprint density at radius 2 is 2.11 bits per heavy atom. The summed E-state index contributed by atoms with van der Waals surface area (Å²) in [5, 5.41) is 4.57. The molecule has 0 aliphatic heterocycles. The zero-order chi connectivity index (χ0) is 13.8. The van der Waals surface area contributed by atoms with Crippen LogP contribution in [0.2, 0.25) is 0 Å². The molecule has 0 aromatic carbocycles. The van der Waals surface area contributed by atoms with Gasteiger partial charge in [0.05, 0.1) is 6.04 Å². The first-order valence-electron chi connectivity index (χ1n) is 6.82.